The van der Waals surface area contributed by atoms with E-state index in [0.29, 0.717) is 12.1 Å². The third-order valence-corrected chi connectivity index (χ3v) is 9.72. The molecule has 1 aliphatic rings. The highest BCUT2D eigenvalue weighted by Gasteiger charge is 2.34. The number of amides is 2. The minimum atomic E-state index is -4.07. The largest absolute Gasteiger partial charge is 0.352 e. The Labute approximate surface area is 244 Å². The van der Waals surface area contributed by atoms with Crippen molar-refractivity contribution in [2.24, 2.45) is 0 Å². The lowest BCUT2D eigenvalue weighted by molar-refractivity contribution is -0.140. The molecule has 0 unspecified atom stereocenters. The van der Waals surface area contributed by atoms with E-state index in [2.05, 4.69) is 5.32 Å². The highest BCUT2D eigenvalue weighted by Crippen LogP contribution is 2.26. The average Bonchev–Trinajstić information content (AvgIpc) is 3.50. The van der Waals surface area contributed by atoms with Gasteiger partial charge in [0.05, 0.1) is 10.6 Å². The van der Waals surface area contributed by atoms with Crippen LogP contribution in [-0.2, 0) is 32.6 Å². The molecule has 0 radical (unpaired) electrons. The molecule has 4 rings (SSSR count). The molecule has 1 fully saturated rings. The fraction of sp³-hybridized carbons (Fsp3) is 0.394. The van der Waals surface area contributed by atoms with E-state index in [4.69, 9.17) is 0 Å². The van der Waals surface area contributed by atoms with Gasteiger partial charge in [-0.15, -0.1) is 0 Å². The number of carbonyl (C=O) groups excluding carboxylic acids is 2. The molecule has 1 aliphatic carbocycles. The van der Waals surface area contributed by atoms with Crippen molar-refractivity contribution in [2.45, 2.75) is 82.8 Å². The number of carbonyl (C=O) groups is 2. The lowest BCUT2D eigenvalue weighted by atomic mass is 10.1. The molecular weight excluding hydrogens is 534 g/mol. The van der Waals surface area contributed by atoms with Crippen LogP contribution >= 0.6 is 0 Å². The summed E-state index contributed by atoms with van der Waals surface area (Å²) in [6.45, 7) is 5.66. The van der Waals surface area contributed by atoms with Crippen molar-refractivity contribution in [3.8, 4) is 0 Å². The molecule has 218 valence electrons. The maximum Gasteiger partial charge on any atom is 0.264 e. The summed E-state index contributed by atoms with van der Waals surface area (Å²) in [5, 5.41) is 3.15. The first-order valence-electron chi connectivity index (χ1n) is 14.6. The van der Waals surface area contributed by atoms with Crippen LogP contribution in [0.3, 0.4) is 0 Å². The van der Waals surface area contributed by atoms with E-state index in [1.165, 1.54) is 12.1 Å². The summed E-state index contributed by atoms with van der Waals surface area (Å²) in [6, 6.07) is 22.5. The summed E-state index contributed by atoms with van der Waals surface area (Å²) >= 11 is 0. The summed E-state index contributed by atoms with van der Waals surface area (Å²) in [6.07, 6.45) is 5.25. The Morgan fingerprint density at radius 1 is 0.902 bits per heavy atom. The van der Waals surface area contributed by atoms with E-state index >= 15 is 0 Å². The normalized spacial score (nSPS) is 14.4. The SMILES string of the molecule is CCc1ccc(N(CC(=O)N(Cc2ccccc2C)[C@H](CC)C(=O)NC2CCCC2)S(=O)(=O)c2ccccc2)cc1. The summed E-state index contributed by atoms with van der Waals surface area (Å²) in [5.41, 5.74) is 3.38. The quantitative estimate of drug-likeness (QED) is 0.304. The molecule has 7 nitrogen and oxygen atoms in total. The molecule has 2 amide bonds. The van der Waals surface area contributed by atoms with Crippen LogP contribution < -0.4 is 9.62 Å². The van der Waals surface area contributed by atoms with Crippen LogP contribution in [0.1, 0.15) is 62.6 Å². The Balaban J connectivity index is 1.71. The Morgan fingerprint density at radius 2 is 1.54 bits per heavy atom. The van der Waals surface area contributed by atoms with Crippen molar-refractivity contribution in [2.75, 3.05) is 10.8 Å². The molecule has 41 heavy (non-hydrogen) atoms. The van der Waals surface area contributed by atoms with Crippen molar-refractivity contribution in [1.82, 2.24) is 10.2 Å². The molecule has 1 atom stereocenters. The minimum Gasteiger partial charge on any atom is -0.352 e. The molecule has 1 N–H and O–H groups in total. The molecule has 0 aliphatic heterocycles. The Kier molecular flexibility index (Phi) is 10.2. The molecule has 8 heteroatoms. The third kappa shape index (κ3) is 7.36. The second-order valence-electron chi connectivity index (χ2n) is 10.7. The van der Waals surface area contributed by atoms with E-state index in [-0.39, 0.29) is 23.4 Å². The van der Waals surface area contributed by atoms with E-state index < -0.39 is 28.5 Å². The van der Waals surface area contributed by atoms with Gasteiger partial charge in [-0.2, -0.15) is 0 Å². The predicted octanol–water partition coefficient (Wildman–Crippen LogP) is 5.62. The van der Waals surface area contributed by atoms with Gasteiger partial charge < -0.3 is 10.2 Å². The summed E-state index contributed by atoms with van der Waals surface area (Å²) in [4.78, 5) is 29.4. The van der Waals surface area contributed by atoms with Crippen LogP contribution in [0.15, 0.2) is 83.8 Å². The minimum absolute atomic E-state index is 0.101. The average molecular weight is 576 g/mol. The van der Waals surface area contributed by atoms with Crippen molar-refractivity contribution >= 4 is 27.5 Å². The Hall–Kier alpha value is -3.65. The van der Waals surface area contributed by atoms with Crippen molar-refractivity contribution < 1.29 is 18.0 Å². The van der Waals surface area contributed by atoms with Gasteiger partial charge in [-0.25, -0.2) is 8.42 Å². The third-order valence-electron chi connectivity index (χ3n) is 7.93. The van der Waals surface area contributed by atoms with Gasteiger partial charge in [0.15, 0.2) is 0 Å². The first-order valence-corrected chi connectivity index (χ1v) is 16.0. The van der Waals surface area contributed by atoms with Crippen LogP contribution in [0.2, 0.25) is 0 Å². The number of sulfonamides is 1. The molecule has 0 aromatic heterocycles. The lowest BCUT2D eigenvalue weighted by Gasteiger charge is -2.34. The maximum atomic E-state index is 14.2. The number of nitrogens with zero attached hydrogens (tertiary/aromatic N) is 2. The number of rotatable bonds is 12. The smallest absolute Gasteiger partial charge is 0.264 e. The molecule has 0 heterocycles. The first-order chi connectivity index (χ1) is 19.7. The van der Waals surface area contributed by atoms with Gasteiger partial charge >= 0.3 is 0 Å². The van der Waals surface area contributed by atoms with Gasteiger partial charge in [0, 0.05) is 12.6 Å². The Morgan fingerprint density at radius 3 is 2.15 bits per heavy atom. The number of hydrogen-bond donors (Lipinski definition) is 1. The molecule has 1 saturated carbocycles. The van der Waals surface area contributed by atoms with Crippen molar-refractivity contribution in [1.29, 1.82) is 0 Å². The van der Waals surface area contributed by atoms with Crippen molar-refractivity contribution in [3.05, 3.63) is 95.6 Å². The highest BCUT2D eigenvalue weighted by molar-refractivity contribution is 7.92. The lowest BCUT2D eigenvalue weighted by Crippen LogP contribution is -2.53. The molecule has 0 bridgehead atoms. The zero-order valence-corrected chi connectivity index (χ0v) is 25.1. The van der Waals surface area contributed by atoms with Gasteiger partial charge in [-0.3, -0.25) is 13.9 Å². The summed E-state index contributed by atoms with van der Waals surface area (Å²) < 4.78 is 29.0. The van der Waals surface area contributed by atoms with Gasteiger partial charge in [-0.05, 0) is 73.6 Å². The van der Waals surface area contributed by atoms with E-state index in [1.54, 1.807) is 35.2 Å². The zero-order chi connectivity index (χ0) is 29.4. The van der Waals surface area contributed by atoms with E-state index in [0.717, 1.165) is 53.1 Å². The van der Waals surface area contributed by atoms with Crippen LogP contribution in [0.4, 0.5) is 5.69 Å². The van der Waals surface area contributed by atoms with E-state index in [9.17, 15) is 18.0 Å². The second-order valence-corrected chi connectivity index (χ2v) is 12.6. The van der Waals surface area contributed by atoms with Gasteiger partial charge in [0.1, 0.15) is 12.6 Å². The molecule has 0 spiro atoms. The number of anilines is 1. The second kappa shape index (κ2) is 13.8. The number of hydrogen-bond acceptors (Lipinski definition) is 4. The standard InChI is InChI=1S/C33H41N3O4S/c1-4-26-19-21-29(22-20-26)36(41(39,40)30-17-7-6-8-18-30)24-32(37)35(23-27-14-10-9-13-25(27)3)31(5-2)33(38)34-28-15-11-12-16-28/h6-10,13-14,17-22,28,31H,4-5,11-12,15-16,23-24H2,1-3H3,(H,34,38)/t31-/m1/s1. The highest BCUT2D eigenvalue weighted by atomic mass is 32.2. The fourth-order valence-corrected chi connectivity index (χ4v) is 6.84. The summed E-state index contributed by atoms with van der Waals surface area (Å²) in [7, 11) is -4.07. The predicted molar refractivity (Wildman–Crippen MR) is 163 cm³/mol. The summed E-state index contributed by atoms with van der Waals surface area (Å²) in [5.74, 6) is -0.619. The fourth-order valence-electron chi connectivity index (χ4n) is 5.40. The van der Waals surface area contributed by atoms with Crippen LogP contribution in [0.5, 0.6) is 0 Å². The monoisotopic (exact) mass is 575 g/mol. The molecular formula is C33H41N3O4S. The first kappa shape index (κ1) is 30.3. The van der Waals surface area contributed by atoms with Gasteiger partial charge in [0.2, 0.25) is 11.8 Å². The van der Waals surface area contributed by atoms with Gasteiger partial charge in [-0.1, -0.05) is 81.3 Å². The maximum absolute atomic E-state index is 14.2. The van der Waals surface area contributed by atoms with Crippen LogP contribution in [-0.4, -0.2) is 43.8 Å². The van der Waals surface area contributed by atoms with Crippen LogP contribution in [0.25, 0.3) is 0 Å². The molecule has 3 aromatic carbocycles. The molecule has 3 aromatic rings. The number of nitrogens with one attached hydrogen (secondary N) is 1. The molecule has 0 saturated heterocycles. The van der Waals surface area contributed by atoms with Gasteiger partial charge in [0.25, 0.3) is 10.0 Å². The van der Waals surface area contributed by atoms with Crippen LogP contribution in [0, 0.1) is 6.92 Å². The number of benzene rings is 3. The number of aryl methyl sites for hydroxylation is 2. The van der Waals surface area contributed by atoms with E-state index in [1.807, 2.05) is 57.2 Å². The van der Waals surface area contributed by atoms with Crippen molar-refractivity contribution in [3.63, 3.8) is 0 Å². The Bertz CT molecular complexity index is 1420. The topological polar surface area (TPSA) is 86.8 Å². The zero-order valence-electron chi connectivity index (χ0n) is 24.3.